The Morgan fingerprint density at radius 3 is 2.83 bits per heavy atom. The van der Waals surface area contributed by atoms with Gasteiger partial charge in [-0.15, -0.1) is 21.5 Å². The van der Waals surface area contributed by atoms with Crippen molar-refractivity contribution in [3.05, 3.63) is 34.0 Å². The number of ether oxygens (including phenoxy) is 1. The first-order valence-electron chi connectivity index (χ1n) is 9.03. The van der Waals surface area contributed by atoms with E-state index in [9.17, 15) is 0 Å². The summed E-state index contributed by atoms with van der Waals surface area (Å²) in [6.45, 7) is 4.40. The van der Waals surface area contributed by atoms with Crippen LogP contribution in [-0.2, 0) is 24.8 Å². The van der Waals surface area contributed by atoms with Crippen LogP contribution in [0.3, 0.4) is 0 Å². The first kappa shape index (κ1) is 16.2. The molecule has 2 saturated heterocycles. The maximum Gasteiger partial charge on any atom is 0.132 e. The quantitative estimate of drug-likeness (QED) is 0.834. The highest BCUT2D eigenvalue weighted by Gasteiger charge is 2.23. The maximum absolute atomic E-state index is 5.80. The molecule has 5 nitrogen and oxygen atoms in total. The Hall–Kier alpha value is -1.24. The van der Waals surface area contributed by atoms with Gasteiger partial charge in [0.05, 0.1) is 6.10 Å². The molecule has 2 fully saturated rings. The number of thiophene rings is 1. The van der Waals surface area contributed by atoms with Crippen LogP contribution in [0.25, 0.3) is 0 Å². The predicted molar refractivity (Wildman–Crippen MR) is 95.0 cm³/mol. The van der Waals surface area contributed by atoms with Crippen molar-refractivity contribution in [2.24, 2.45) is 13.0 Å². The lowest BCUT2D eigenvalue weighted by Crippen LogP contribution is -2.33. The van der Waals surface area contributed by atoms with E-state index in [-0.39, 0.29) is 0 Å². The summed E-state index contributed by atoms with van der Waals surface area (Å²) in [5, 5.41) is 8.21. The molecule has 2 aromatic heterocycles. The summed E-state index contributed by atoms with van der Waals surface area (Å²) >= 11 is 1.94. The van der Waals surface area contributed by atoms with Gasteiger partial charge in [-0.1, -0.05) is 0 Å². The van der Waals surface area contributed by atoms with Gasteiger partial charge >= 0.3 is 0 Å². The Morgan fingerprint density at radius 1 is 1.25 bits per heavy atom. The summed E-state index contributed by atoms with van der Waals surface area (Å²) in [6.07, 6.45) is 8.14. The van der Waals surface area contributed by atoms with Gasteiger partial charge in [0.1, 0.15) is 12.2 Å². The van der Waals surface area contributed by atoms with Crippen LogP contribution >= 0.6 is 11.3 Å². The first-order chi connectivity index (χ1) is 11.8. The summed E-state index contributed by atoms with van der Waals surface area (Å²) < 4.78 is 7.85. The highest BCUT2D eigenvalue weighted by atomic mass is 32.1. The third kappa shape index (κ3) is 3.71. The monoisotopic (exact) mass is 346 g/mol. The minimum Gasteiger partial charge on any atom is -0.373 e. The first-order valence-corrected chi connectivity index (χ1v) is 9.85. The molecule has 1 atom stereocenters. The van der Waals surface area contributed by atoms with Crippen LogP contribution in [0.2, 0.25) is 0 Å². The van der Waals surface area contributed by atoms with Gasteiger partial charge in [0, 0.05) is 36.4 Å². The zero-order chi connectivity index (χ0) is 16.4. The van der Waals surface area contributed by atoms with E-state index in [2.05, 4.69) is 27.2 Å². The fourth-order valence-electron chi connectivity index (χ4n) is 3.77. The topological polar surface area (TPSA) is 43.2 Å². The molecule has 130 valence electrons. The van der Waals surface area contributed by atoms with E-state index in [1.807, 2.05) is 23.0 Å². The van der Waals surface area contributed by atoms with E-state index in [0.717, 1.165) is 31.3 Å². The van der Waals surface area contributed by atoms with Crippen LogP contribution in [0, 0.1) is 5.92 Å². The molecular formula is C18H26N4OS. The lowest BCUT2D eigenvalue weighted by Gasteiger charge is -2.31. The van der Waals surface area contributed by atoms with Crippen molar-refractivity contribution in [2.75, 3.05) is 19.7 Å². The number of hydrogen-bond acceptors (Lipinski definition) is 5. The van der Waals surface area contributed by atoms with Crippen molar-refractivity contribution >= 4 is 11.3 Å². The van der Waals surface area contributed by atoms with Gasteiger partial charge in [0.15, 0.2) is 0 Å². The van der Waals surface area contributed by atoms with Crippen molar-refractivity contribution in [1.29, 1.82) is 0 Å². The molecule has 6 heteroatoms. The maximum atomic E-state index is 5.80. The molecule has 4 rings (SSSR count). The fraction of sp³-hybridized carbons (Fsp3) is 0.667. The smallest absolute Gasteiger partial charge is 0.132 e. The predicted octanol–water partition coefficient (Wildman–Crippen LogP) is 3.18. The van der Waals surface area contributed by atoms with Gasteiger partial charge in [0.2, 0.25) is 0 Å². The van der Waals surface area contributed by atoms with E-state index >= 15 is 0 Å². The van der Waals surface area contributed by atoms with E-state index in [1.54, 1.807) is 6.33 Å². The third-order valence-electron chi connectivity index (χ3n) is 5.29. The van der Waals surface area contributed by atoms with E-state index in [4.69, 9.17) is 4.74 Å². The fourth-order valence-corrected chi connectivity index (χ4v) is 4.91. The van der Waals surface area contributed by atoms with Gasteiger partial charge in [-0.05, 0) is 56.8 Å². The Bertz CT molecular complexity index is 654. The molecule has 24 heavy (non-hydrogen) atoms. The van der Waals surface area contributed by atoms with Crippen LogP contribution < -0.4 is 0 Å². The summed E-state index contributed by atoms with van der Waals surface area (Å²) in [7, 11) is 2.03. The molecule has 4 heterocycles. The van der Waals surface area contributed by atoms with Crippen molar-refractivity contribution < 1.29 is 4.74 Å². The van der Waals surface area contributed by atoms with Crippen molar-refractivity contribution in [3.63, 3.8) is 0 Å². The molecule has 0 N–H and O–H groups in total. The highest BCUT2D eigenvalue weighted by molar-refractivity contribution is 7.12. The van der Waals surface area contributed by atoms with Crippen molar-refractivity contribution in [3.8, 4) is 0 Å². The molecule has 2 aromatic rings. The summed E-state index contributed by atoms with van der Waals surface area (Å²) in [4.78, 5) is 5.49. The molecule has 0 spiro atoms. The van der Waals surface area contributed by atoms with Crippen LogP contribution in [0.5, 0.6) is 0 Å². The second-order valence-electron chi connectivity index (χ2n) is 7.09. The summed E-state index contributed by atoms with van der Waals surface area (Å²) in [6, 6.07) is 4.57. The number of aryl methyl sites for hydroxylation is 1. The number of aromatic nitrogens is 3. The number of nitrogens with zero attached hydrogens (tertiary/aromatic N) is 4. The van der Waals surface area contributed by atoms with Gasteiger partial charge in [-0.3, -0.25) is 4.90 Å². The lowest BCUT2D eigenvalue weighted by atomic mass is 9.93. The highest BCUT2D eigenvalue weighted by Crippen LogP contribution is 2.34. The molecule has 0 amide bonds. The molecule has 0 aliphatic carbocycles. The Balaban J connectivity index is 1.26. The molecule has 0 radical (unpaired) electrons. The number of likely N-dealkylation sites (tertiary alicyclic amines) is 1. The second kappa shape index (κ2) is 7.33. The van der Waals surface area contributed by atoms with E-state index < -0.39 is 0 Å². The van der Waals surface area contributed by atoms with Gasteiger partial charge in [-0.2, -0.15) is 0 Å². The van der Waals surface area contributed by atoms with Gasteiger partial charge in [-0.25, -0.2) is 0 Å². The van der Waals surface area contributed by atoms with Crippen LogP contribution in [0.1, 0.15) is 47.4 Å². The zero-order valence-corrected chi connectivity index (χ0v) is 15.2. The normalized spacial score (nSPS) is 23.1. The largest absolute Gasteiger partial charge is 0.373 e. The second-order valence-corrected chi connectivity index (χ2v) is 8.29. The van der Waals surface area contributed by atoms with Gasteiger partial charge in [0.25, 0.3) is 0 Å². The summed E-state index contributed by atoms with van der Waals surface area (Å²) in [5.41, 5.74) is 0. The zero-order valence-electron chi connectivity index (χ0n) is 14.4. The lowest BCUT2D eigenvalue weighted by molar-refractivity contribution is 0.114. The SMILES string of the molecule is Cn1cnnc1CC1CCN(Cc2ccc([C@@H]3CCCO3)s2)CC1. The van der Waals surface area contributed by atoms with Crippen LogP contribution in [0.4, 0.5) is 0 Å². The minimum absolute atomic E-state index is 0.362. The molecule has 0 bridgehead atoms. The van der Waals surface area contributed by atoms with Crippen molar-refractivity contribution in [2.45, 2.75) is 44.8 Å². The number of hydrogen-bond donors (Lipinski definition) is 0. The third-order valence-corrected chi connectivity index (χ3v) is 6.45. The Labute approximate surface area is 147 Å². The number of rotatable bonds is 5. The average Bonchev–Trinajstić information content (AvgIpc) is 3.32. The Morgan fingerprint density at radius 2 is 2.12 bits per heavy atom. The minimum atomic E-state index is 0.362. The van der Waals surface area contributed by atoms with Crippen molar-refractivity contribution in [1.82, 2.24) is 19.7 Å². The molecule has 0 saturated carbocycles. The number of piperidine rings is 1. The standard InChI is InChI=1S/C18H26N4OS/c1-21-13-19-20-18(21)11-14-6-8-22(9-7-14)12-15-4-5-17(24-15)16-3-2-10-23-16/h4-5,13-14,16H,2-3,6-12H2,1H3/t16-/m0/s1. The summed E-state index contributed by atoms with van der Waals surface area (Å²) in [5.74, 6) is 1.86. The van der Waals surface area contributed by atoms with Gasteiger partial charge < -0.3 is 9.30 Å². The van der Waals surface area contributed by atoms with E-state index in [1.165, 1.54) is 48.5 Å². The molecule has 2 aliphatic heterocycles. The molecule has 0 unspecified atom stereocenters. The Kier molecular flexibility index (Phi) is 4.96. The van der Waals surface area contributed by atoms with E-state index in [0.29, 0.717) is 6.10 Å². The molecule has 0 aromatic carbocycles. The van der Waals surface area contributed by atoms with Crippen LogP contribution in [0.15, 0.2) is 18.5 Å². The molecule has 2 aliphatic rings. The van der Waals surface area contributed by atoms with Crippen LogP contribution in [-0.4, -0.2) is 39.4 Å². The molecular weight excluding hydrogens is 320 g/mol. The average molecular weight is 347 g/mol.